The molecule has 15 heavy (non-hydrogen) atoms. The van der Waals surface area contributed by atoms with Crippen molar-refractivity contribution in [1.82, 2.24) is 4.48 Å². The normalized spacial score (nSPS) is 12.9. The molecule has 2 aromatic rings. The zero-order valence-electron chi connectivity index (χ0n) is 8.90. The number of pyridine rings is 1. The second-order valence-corrected chi connectivity index (χ2v) is 3.81. The van der Waals surface area contributed by atoms with E-state index in [0.29, 0.717) is 0 Å². The third-order valence-electron chi connectivity index (χ3n) is 2.65. The molecule has 0 fully saturated rings. The number of benzene rings is 1. The molecule has 3 nitrogen and oxygen atoms in total. The fourth-order valence-corrected chi connectivity index (χ4v) is 1.81. The lowest BCUT2D eigenvalue weighted by Crippen LogP contribution is -2.25. The summed E-state index contributed by atoms with van der Waals surface area (Å²) in [6.45, 7) is 1.88. The van der Waals surface area contributed by atoms with Gasteiger partial charge in [0.05, 0.1) is 0 Å². The third-order valence-corrected chi connectivity index (χ3v) is 2.65. The molecule has 0 saturated heterocycles. The minimum atomic E-state index is -0.132. The highest BCUT2D eigenvalue weighted by Crippen LogP contribution is 2.14. The summed E-state index contributed by atoms with van der Waals surface area (Å²) in [5.41, 5.74) is 6.69. The van der Waals surface area contributed by atoms with Gasteiger partial charge in [-0.3, -0.25) is 4.79 Å². The Bertz CT molecular complexity index is 560. The van der Waals surface area contributed by atoms with Crippen molar-refractivity contribution in [3.63, 3.8) is 0 Å². The Morgan fingerprint density at radius 2 is 2.07 bits per heavy atom. The number of hydrogen-bond donors (Lipinski definition) is 1. The molecule has 0 radical (unpaired) electrons. The van der Waals surface area contributed by atoms with Crippen LogP contribution in [0.25, 0.3) is 10.8 Å². The molecular formula is C11H13BN2O. The summed E-state index contributed by atoms with van der Waals surface area (Å²) in [5, 5.41) is 1.69. The minimum Gasteiger partial charge on any atom is -0.363 e. The molecule has 0 aliphatic rings. The third kappa shape index (κ3) is 1.57. The largest absolute Gasteiger partial charge is 0.363 e. The van der Waals surface area contributed by atoms with E-state index in [1.807, 2.05) is 37.3 Å². The van der Waals surface area contributed by atoms with Gasteiger partial charge in [0.25, 0.3) is 0 Å². The molecule has 0 bridgehead atoms. The first kappa shape index (κ1) is 9.99. The Balaban J connectivity index is 2.89. The molecule has 76 valence electrons. The van der Waals surface area contributed by atoms with E-state index >= 15 is 0 Å². The van der Waals surface area contributed by atoms with E-state index in [9.17, 15) is 4.79 Å². The van der Waals surface area contributed by atoms with Gasteiger partial charge >= 0.3 is 0 Å². The van der Waals surface area contributed by atoms with Gasteiger partial charge < -0.3 is 10.2 Å². The number of hydrogen-bond acceptors (Lipinski definition) is 2. The van der Waals surface area contributed by atoms with Crippen LogP contribution in [0.1, 0.15) is 18.7 Å². The highest BCUT2D eigenvalue weighted by molar-refractivity contribution is 6.08. The monoisotopic (exact) mass is 200 g/mol. The first-order chi connectivity index (χ1) is 7.11. The van der Waals surface area contributed by atoms with Gasteiger partial charge in [-0.2, -0.15) is 0 Å². The van der Waals surface area contributed by atoms with Gasteiger partial charge in [-0.15, -0.1) is 0 Å². The van der Waals surface area contributed by atoms with Crippen LogP contribution >= 0.6 is 0 Å². The Hall–Kier alpha value is -1.55. The summed E-state index contributed by atoms with van der Waals surface area (Å²) in [6, 6.07) is 9.40. The molecule has 0 aliphatic carbocycles. The number of nitrogens with zero attached hydrogens (tertiary/aromatic N) is 1. The van der Waals surface area contributed by atoms with Crippen molar-refractivity contribution in [2.24, 2.45) is 5.73 Å². The highest BCUT2D eigenvalue weighted by atomic mass is 16.1. The summed E-state index contributed by atoms with van der Waals surface area (Å²) in [4.78, 5) is 12.0. The summed E-state index contributed by atoms with van der Waals surface area (Å²) in [7, 11) is 1.76. The smallest absolute Gasteiger partial charge is 0.246 e. The molecule has 0 saturated carbocycles. The fraction of sp³-hybridized carbons (Fsp3) is 0.182. The van der Waals surface area contributed by atoms with E-state index < -0.39 is 0 Å². The molecule has 2 rings (SSSR count). The molecule has 0 unspecified atom stereocenters. The number of rotatable bonds is 1. The van der Waals surface area contributed by atoms with Crippen LogP contribution in [0.3, 0.4) is 0 Å². The highest BCUT2D eigenvalue weighted by Gasteiger charge is 2.07. The van der Waals surface area contributed by atoms with Crippen molar-refractivity contribution in [3.8, 4) is 0 Å². The standard InChI is InChI=1S/C11H13BN2O/c1-7(13)10-6-8-4-2-3-5-9(8)11(15)14(10)12/h2-7H,12-13H2,1H3/t7-/m0/s1. The second kappa shape index (κ2) is 3.55. The molecule has 1 heterocycles. The summed E-state index contributed by atoms with van der Waals surface area (Å²) in [5.74, 6) is 0. The average Bonchev–Trinajstić information content (AvgIpc) is 2.23. The molecule has 4 heteroatoms. The predicted molar refractivity (Wildman–Crippen MR) is 64.8 cm³/mol. The van der Waals surface area contributed by atoms with Gasteiger partial charge in [0.1, 0.15) is 0 Å². The van der Waals surface area contributed by atoms with Crippen LogP contribution in [-0.4, -0.2) is 12.5 Å². The van der Waals surface area contributed by atoms with Gasteiger partial charge in [-0.05, 0) is 24.4 Å². The summed E-state index contributed by atoms with van der Waals surface area (Å²) < 4.78 is 1.62. The van der Waals surface area contributed by atoms with Crippen LogP contribution in [0.4, 0.5) is 0 Å². The topological polar surface area (TPSA) is 48.0 Å². The summed E-state index contributed by atoms with van der Waals surface area (Å²) >= 11 is 0. The van der Waals surface area contributed by atoms with Crippen molar-refractivity contribution in [3.05, 3.63) is 46.4 Å². The van der Waals surface area contributed by atoms with Crippen molar-refractivity contribution < 1.29 is 0 Å². The quantitative estimate of drug-likeness (QED) is 0.678. The van der Waals surface area contributed by atoms with Crippen molar-refractivity contribution in [1.29, 1.82) is 0 Å². The van der Waals surface area contributed by atoms with Crippen molar-refractivity contribution in [2.45, 2.75) is 13.0 Å². The van der Waals surface area contributed by atoms with Gasteiger partial charge in [-0.25, -0.2) is 0 Å². The second-order valence-electron chi connectivity index (χ2n) is 3.81. The first-order valence-corrected chi connectivity index (χ1v) is 4.95. The molecule has 0 spiro atoms. The van der Waals surface area contributed by atoms with Crippen LogP contribution in [0.15, 0.2) is 35.1 Å². The molecule has 1 atom stereocenters. The molecule has 2 N–H and O–H groups in total. The Morgan fingerprint density at radius 3 is 2.73 bits per heavy atom. The van der Waals surface area contributed by atoms with E-state index in [0.717, 1.165) is 16.5 Å². The Labute approximate surface area is 88.9 Å². The van der Waals surface area contributed by atoms with Gasteiger partial charge in [0.15, 0.2) is 0 Å². The van der Waals surface area contributed by atoms with E-state index in [1.165, 1.54) is 0 Å². The fourth-order valence-electron chi connectivity index (χ4n) is 1.81. The van der Waals surface area contributed by atoms with Gasteiger partial charge in [0, 0.05) is 17.1 Å². The van der Waals surface area contributed by atoms with E-state index in [2.05, 4.69) is 0 Å². The number of nitrogens with two attached hydrogens (primary N) is 1. The van der Waals surface area contributed by atoms with Gasteiger partial charge in [-0.1, -0.05) is 18.2 Å². The zero-order chi connectivity index (χ0) is 11.0. The van der Waals surface area contributed by atoms with Crippen LogP contribution in [-0.2, 0) is 0 Å². The average molecular weight is 200 g/mol. The Kier molecular flexibility index (Phi) is 2.36. The maximum absolute atomic E-state index is 12.0. The van der Waals surface area contributed by atoms with E-state index in [-0.39, 0.29) is 11.6 Å². The lowest BCUT2D eigenvalue weighted by atomic mass is 10.1. The van der Waals surface area contributed by atoms with Crippen LogP contribution in [0, 0.1) is 0 Å². The van der Waals surface area contributed by atoms with Crippen molar-refractivity contribution >= 4 is 18.8 Å². The van der Waals surface area contributed by atoms with Crippen LogP contribution in [0.5, 0.6) is 0 Å². The first-order valence-electron chi connectivity index (χ1n) is 4.95. The number of aromatic nitrogens is 1. The minimum absolute atomic E-state index is 0.0143. The van der Waals surface area contributed by atoms with E-state index in [4.69, 9.17) is 5.73 Å². The Morgan fingerprint density at radius 1 is 1.40 bits per heavy atom. The van der Waals surface area contributed by atoms with Crippen LogP contribution in [0.2, 0.25) is 0 Å². The van der Waals surface area contributed by atoms with Gasteiger partial charge in [0.2, 0.25) is 13.5 Å². The molecule has 1 aromatic heterocycles. The molecule has 0 aliphatic heterocycles. The molecular weight excluding hydrogens is 187 g/mol. The van der Waals surface area contributed by atoms with E-state index in [1.54, 1.807) is 12.5 Å². The van der Waals surface area contributed by atoms with Crippen molar-refractivity contribution in [2.75, 3.05) is 0 Å². The predicted octanol–water partition coefficient (Wildman–Crippen LogP) is 0.417. The molecule has 1 aromatic carbocycles. The molecule has 0 amide bonds. The van der Waals surface area contributed by atoms with Crippen LogP contribution < -0.4 is 11.3 Å². The maximum atomic E-state index is 12.0. The SMILES string of the molecule is Bn1c([C@H](C)N)cc2ccccc2c1=O. The maximum Gasteiger partial charge on any atom is 0.246 e. The number of fused-ring (bicyclic) bond motifs is 1. The lowest BCUT2D eigenvalue weighted by Gasteiger charge is -2.13. The zero-order valence-corrected chi connectivity index (χ0v) is 8.90. The summed E-state index contributed by atoms with van der Waals surface area (Å²) in [6.07, 6.45) is 0. The lowest BCUT2D eigenvalue weighted by molar-refractivity contribution is 0.760.